The van der Waals surface area contributed by atoms with E-state index in [0.29, 0.717) is 16.6 Å². The number of carbonyl (C=O) groups excluding carboxylic acids is 2. The molecular formula is C17H19ClN2O4. The Labute approximate surface area is 145 Å². The number of rotatable bonds is 3. The molecular weight excluding hydrogens is 332 g/mol. The van der Waals surface area contributed by atoms with Crippen LogP contribution in [-0.2, 0) is 9.47 Å². The maximum absolute atomic E-state index is 11.9. The summed E-state index contributed by atoms with van der Waals surface area (Å²) in [5, 5.41) is 3.37. The molecule has 7 heteroatoms. The van der Waals surface area contributed by atoms with Gasteiger partial charge in [0.25, 0.3) is 0 Å². The predicted molar refractivity (Wildman–Crippen MR) is 92.6 cm³/mol. The van der Waals surface area contributed by atoms with Crippen LogP contribution >= 0.6 is 11.6 Å². The topological polar surface area (TPSA) is 77.5 Å². The van der Waals surface area contributed by atoms with Crippen molar-refractivity contribution < 1.29 is 19.1 Å². The summed E-state index contributed by atoms with van der Waals surface area (Å²) >= 11 is 6.03. The lowest BCUT2D eigenvalue weighted by atomic mass is 10.1. The molecule has 0 aliphatic carbocycles. The molecule has 0 saturated heterocycles. The summed E-state index contributed by atoms with van der Waals surface area (Å²) < 4.78 is 10.2. The maximum Gasteiger partial charge on any atom is 0.412 e. The number of fused-ring (bicyclic) bond motifs is 1. The van der Waals surface area contributed by atoms with E-state index in [1.54, 1.807) is 52.0 Å². The normalized spacial score (nSPS) is 11.2. The zero-order valence-electron chi connectivity index (χ0n) is 14.0. The minimum Gasteiger partial charge on any atom is -0.462 e. The van der Waals surface area contributed by atoms with Crippen molar-refractivity contribution in [3.8, 4) is 0 Å². The van der Waals surface area contributed by atoms with Crippen LogP contribution in [0, 0.1) is 0 Å². The number of hydrogen-bond acceptors (Lipinski definition) is 5. The Balaban J connectivity index is 2.30. The summed E-state index contributed by atoms with van der Waals surface area (Å²) in [5.41, 5.74) is 0.714. The number of pyridine rings is 1. The number of esters is 1. The van der Waals surface area contributed by atoms with Gasteiger partial charge in [0, 0.05) is 11.1 Å². The van der Waals surface area contributed by atoms with Crippen LogP contribution in [0.3, 0.4) is 0 Å². The van der Waals surface area contributed by atoms with E-state index in [4.69, 9.17) is 21.1 Å². The second-order valence-electron chi connectivity index (χ2n) is 6.08. The van der Waals surface area contributed by atoms with Crippen LogP contribution in [-0.4, -0.2) is 29.3 Å². The number of anilines is 1. The van der Waals surface area contributed by atoms with E-state index in [9.17, 15) is 9.59 Å². The molecule has 1 aromatic heterocycles. The molecule has 0 atom stereocenters. The molecule has 0 bridgehead atoms. The quantitative estimate of drug-likeness (QED) is 0.655. The van der Waals surface area contributed by atoms with Crippen molar-refractivity contribution in [2.75, 3.05) is 11.9 Å². The zero-order chi connectivity index (χ0) is 17.9. The van der Waals surface area contributed by atoms with Crippen molar-refractivity contribution in [2.24, 2.45) is 0 Å². The molecule has 0 saturated carbocycles. The first kappa shape index (κ1) is 18.0. The van der Waals surface area contributed by atoms with Gasteiger partial charge in [0.15, 0.2) is 0 Å². The number of aromatic nitrogens is 1. The molecule has 1 aromatic carbocycles. The molecule has 24 heavy (non-hydrogen) atoms. The molecule has 1 N–H and O–H groups in total. The lowest BCUT2D eigenvalue weighted by Crippen LogP contribution is -2.27. The number of carbonyl (C=O) groups is 2. The molecule has 0 radical (unpaired) electrons. The van der Waals surface area contributed by atoms with E-state index in [1.807, 2.05) is 0 Å². The average molecular weight is 351 g/mol. The third-order valence-electron chi connectivity index (χ3n) is 2.91. The van der Waals surface area contributed by atoms with Gasteiger partial charge in [0.2, 0.25) is 0 Å². The molecule has 6 nitrogen and oxygen atoms in total. The smallest absolute Gasteiger partial charge is 0.412 e. The molecule has 0 aliphatic rings. The van der Waals surface area contributed by atoms with Crippen molar-refractivity contribution in [1.29, 1.82) is 0 Å². The number of hydrogen-bond donors (Lipinski definition) is 1. The molecule has 0 aliphatic heterocycles. The van der Waals surface area contributed by atoms with Gasteiger partial charge in [-0.3, -0.25) is 5.32 Å². The minimum absolute atomic E-state index is 0.0776. The van der Waals surface area contributed by atoms with Gasteiger partial charge in [0.05, 0.1) is 17.7 Å². The van der Waals surface area contributed by atoms with Crippen molar-refractivity contribution in [1.82, 2.24) is 4.98 Å². The fourth-order valence-corrected chi connectivity index (χ4v) is 2.23. The van der Waals surface area contributed by atoms with E-state index in [1.165, 1.54) is 0 Å². The second kappa shape index (κ2) is 7.05. The predicted octanol–water partition coefficient (Wildman–Crippen LogP) is 4.41. The van der Waals surface area contributed by atoms with Gasteiger partial charge < -0.3 is 9.47 Å². The van der Waals surface area contributed by atoms with Crippen LogP contribution in [0.15, 0.2) is 24.3 Å². The monoisotopic (exact) mass is 350 g/mol. The Morgan fingerprint density at radius 3 is 2.58 bits per heavy atom. The largest absolute Gasteiger partial charge is 0.462 e. The summed E-state index contributed by atoms with van der Waals surface area (Å²) in [6, 6.07) is 6.65. The average Bonchev–Trinajstić information content (AvgIpc) is 2.45. The highest BCUT2D eigenvalue weighted by molar-refractivity contribution is 6.33. The molecule has 2 rings (SSSR count). The highest BCUT2D eigenvalue weighted by Crippen LogP contribution is 2.24. The summed E-state index contributed by atoms with van der Waals surface area (Å²) in [5.74, 6) is -0.539. The fourth-order valence-electron chi connectivity index (χ4n) is 2.00. The van der Waals surface area contributed by atoms with Gasteiger partial charge in [-0.15, -0.1) is 0 Å². The molecule has 2 aromatic rings. The summed E-state index contributed by atoms with van der Waals surface area (Å²) in [6.07, 6.45) is -0.561. The summed E-state index contributed by atoms with van der Waals surface area (Å²) in [7, 11) is 0. The fraction of sp³-hybridized carbons (Fsp3) is 0.353. The number of amides is 1. The van der Waals surface area contributed by atoms with Gasteiger partial charge in [-0.25, -0.2) is 14.6 Å². The van der Waals surface area contributed by atoms with E-state index >= 15 is 0 Å². The third-order valence-corrected chi connectivity index (χ3v) is 3.20. The molecule has 0 spiro atoms. The van der Waals surface area contributed by atoms with Crippen molar-refractivity contribution in [2.45, 2.75) is 33.3 Å². The summed E-state index contributed by atoms with van der Waals surface area (Å²) in [6.45, 7) is 7.30. The Bertz CT molecular complexity index is 784. The summed E-state index contributed by atoms with van der Waals surface area (Å²) in [4.78, 5) is 27.9. The molecule has 1 amide bonds. The SMILES string of the molecule is CCOC(=O)c1cc2cc(NC(=O)OC(C)(C)C)ccc2nc1Cl. The Kier molecular flexibility index (Phi) is 5.29. The van der Waals surface area contributed by atoms with Crippen LogP contribution < -0.4 is 5.32 Å². The second-order valence-corrected chi connectivity index (χ2v) is 6.44. The van der Waals surface area contributed by atoms with Gasteiger partial charge in [0.1, 0.15) is 10.8 Å². The first-order valence-electron chi connectivity index (χ1n) is 7.47. The number of benzene rings is 1. The van der Waals surface area contributed by atoms with Crippen LogP contribution in [0.2, 0.25) is 5.15 Å². The number of nitrogens with zero attached hydrogens (tertiary/aromatic N) is 1. The van der Waals surface area contributed by atoms with Gasteiger partial charge in [-0.2, -0.15) is 0 Å². The number of ether oxygens (including phenoxy) is 2. The van der Waals surface area contributed by atoms with E-state index in [2.05, 4.69) is 10.3 Å². The first-order chi connectivity index (χ1) is 11.2. The lowest BCUT2D eigenvalue weighted by Gasteiger charge is -2.19. The third kappa shape index (κ3) is 4.58. The highest BCUT2D eigenvalue weighted by atomic mass is 35.5. The molecule has 0 unspecified atom stereocenters. The van der Waals surface area contributed by atoms with Crippen LogP contribution in [0.25, 0.3) is 10.9 Å². The van der Waals surface area contributed by atoms with E-state index in [0.717, 1.165) is 0 Å². The molecule has 0 fully saturated rings. The lowest BCUT2D eigenvalue weighted by molar-refractivity contribution is 0.0525. The van der Waals surface area contributed by atoms with Gasteiger partial charge >= 0.3 is 12.1 Å². The first-order valence-corrected chi connectivity index (χ1v) is 7.85. The highest BCUT2D eigenvalue weighted by Gasteiger charge is 2.17. The van der Waals surface area contributed by atoms with Crippen LogP contribution in [0.4, 0.5) is 10.5 Å². The van der Waals surface area contributed by atoms with Crippen molar-refractivity contribution >= 4 is 40.3 Å². The van der Waals surface area contributed by atoms with E-state index in [-0.39, 0.29) is 17.3 Å². The number of nitrogens with one attached hydrogen (secondary N) is 1. The Hall–Kier alpha value is -2.34. The van der Waals surface area contributed by atoms with E-state index < -0.39 is 17.7 Å². The number of halogens is 1. The maximum atomic E-state index is 11.9. The zero-order valence-corrected chi connectivity index (χ0v) is 14.7. The van der Waals surface area contributed by atoms with Gasteiger partial charge in [-0.05, 0) is 52.0 Å². The molecule has 128 valence electrons. The molecule has 1 heterocycles. The van der Waals surface area contributed by atoms with Crippen LogP contribution in [0.5, 0.6) is 0 Å². The van der Waals surface area contributed by atoms with Crippen LogP contribution in [0.1, 0.15) is 38.1 Å². The van der Waals surface area contributed by atoms with Crippen molar-refractivity contribution in [3.05, 3.63) is 35.0 Å². The minimum atomic E-state index is -0.590. The van der Waals surface area contributed by atoms with Crippen molar-refractivity contribution in [3.63, 3.8) is 0 Å². The van der Waals surface area contributed by atoms with Gasteiger partial charge in [-0.1, -0.05) is 11.6 Å². The standard InChI is InChI=1S/C17H19ClN2O4/c1-5-23-15(21)12-9-10-8-11(6-7-13(10)20-14(12)18)19-16(22)24-17(2,3)4/h6-9H,5H2,1-4H3,(H,19,22). The Morgan fingerprint density at radius 2 is 1.96 bits per heavy atom. The Morgan fingerprint density at radius 1 is 1.25 bits per heavy atom.